The highest BCUT2D eigenvalue weighted by molar-refractivity contribution is 7.80. The fourth-order valence-corrected chi connectivity index (χ4v) is 2.74. The van der Waals surface area contributed by atoms with Crippen LogP contribution in [0.2, 0.25) is 5.02 Å². The third-order valence-electron chi connectivity index (χ3n) is 3.36. The highest BCUT2D eigenvalue weighted by atomic mass is 35.5. The number of thiocarbonyl (C=S) groups is 1. The minimum absolute atomic E-state index is 0.221. The largest absolute Gasteiger partial charge is 0.493 e. The van der Waals surface area contributed by atoms with Gasteiger partial charge in [0.05, 0.1) is 17.3 Å². The van der Waals surface area contributed by atoms with Gasteiger partial charge in [0.15, 0.2) is 0 Å². The maximum absolute atomic E-state index is 9.77. The van der Waals surface area contributed by atoms with Crippen molar-refractivity contribution in [3.8, 4) is 0 Å². The van der Waals surface area contributed by atoms with Crippen LogP contribution in [0, 0.1) is 0 Å². The van der Waals surface area contributed by atoms with Crippen LogP contribution in [0.15, 0.2) is 42.5 Å². The summed E-state index contributed by atoms with van der Waals surface area (Å²) in [5.74, 6) is 0. The Kier molecular flexibility index (Phi) is 4.64. The molecule has 2 N–H and O–H groups in total. The van der Waals surface area contributed by atoms with Gasteiger partial charge in [-0.25, -0.2) is 0 Å². The number of hydrogen-bond donors (Lipinski definition) is 2. The highest BCUT2D eigenvalue weighted by Gasteiger charge is 2.31. The first-order chi connectivity index (χ1) is 10.6. The molecule has 4 nitrogen and oxygen atoms in total. The molecule has 2 aromatic rings. The number of rotatable bonds is 3. The van der Waals surface area contributed by atoms with E-state index in [2.05, 4.69) is 5.32 Å². The first-order valence-corrected chi connectivity index (χ1v) is 7.52. The van der Waals surface area contributed by atoms with Gasteiger partial charge in [-0.05, 0) is 29.4 Å². The summed E-state index contributed by atoms with van der Waals surface area (Å²) in [6, 6.07) is 13.4. The Morgan fingerprint density at radius 1 is 1.32 bits per heavy atom. The van der Waals surface area contributed by atoms with Crippen molar-refractivity contribution in [2.75, 3.05) is 5.32 Å². The van der Waals surface area contributed by atoms with Crippen molar-refractivity contribution < 1.29 is 14.4 Å². The SMILES string of the molecule is OB1OCc2ccc(NC(=S)OCc3ccccc3)c(Cl)c21. The van der Waals surface area contributed by atoms with Crippen LogP contribution in [0.1, 0.15) is 11.1 Å². The summed E-state index contributed by atoms with van der Waals surface area (Å²) in [5, 5.41) is 13.3. The molecule has 0 spiro atoms. The first-order valence-electron chi connectivity index (χ1n) is 6.74. The van der Waals surface area contributed by atoms with Crippen molar-refractivity contribution in [1.82, 2.24) is 0 Å². The molecule has 0 atom stereocenters. The highest BCUT2D eigenvalue weighted by Crippen LogP contribution is 2.25. The molecule has 0 saturated carbocycles. The lowest BCUT2D eigenvalue weighted by Gasteiger charge is -2.13. The topological polar surface area (TPSA) is 50.7 Å². The molecule has 0 aliphatic carbocycles. The van der Waals surface area contributed by atoms with Crippen LogP contribution >= 0.6 is 23.8 Å². The fraction of sp³-hybridized carbons (Fsp3) is 0.133. The summed E-state index contributed by atoms with van der Waals surface area (Å²) in [4.78, 5) is 0. The predicted octanol–water partition coefficient (Wildman–Crippen LogP) is 2.47. The van der Waals surface area contributed by atoms with Gasteiger partial charge < -0.3 is 19.7 Å². The molecule has 0 saturated heterocycles. The normalized spacial score (nSPS) is 12.9. The molecule has 0 bridgehead atoms. The van der Waals surface area contributed by atoms with E-state index in [9.17, 15) is 5.02 Å². The number of hydrogen-bond acceptors (Lipinski definition) is 4. The van der Waals surface area contributed by atoms with E-state index in [1.54, 1.807) is 6.07 Å². The van der Waals surface area contributed by atoms with Crippen molar-refractivity contribution in [1.29, 1.82) is 0 Å². The smallest absolute Gasteiger partial charge is 0.466 e. The number of fused-ring (bicyclic) bond motifs is 1. The average Bonchev–Trinajstić information content (AvgIpc) is 2.91. The van der Waals surface area contributed by atoms with Gasteiger partial charge in [-0.1, -0.05) is 48.0 Å². The summed E-state index contributed by atoms with van der Waals surface area (Å²) in [6.45, 7) is 0.729. The van der Waals surface area contributed by atoms with Crippen LogP contribution in [0.25, 0.3) is 0 Å². The van der Waals surface area contributed by atoms with E-state index in [-0.39, 0.29) is 5.17 Å². The fourth-order valence-electron chi connectivity index (χ4n) is 2.24. The van der Waals surface area contributed by atoms with Crippen LogP contribution < -0.4 is 10.8 Å². The molecule has 0 fully saturated rings. The number of ether oxygens (including phenoxy) is 1. The molecule has 7 heteroatoms. The van der Waals surface area contributed by atoms with Gasteiger partial charge in [0.2, 0.25) is 0 Å². The molecule has 22 heavy (non-hydrogen) atoms. The van der Waals surface area contributed by atoms with Gasteiger partial charge in [-0.2, -0.15) is 0 Å². The third kappa shape index (κ3) is 3.25. The molecule has 0 unspecified atom stereocenters. The van der Waals surface area contributed by atoms with Crippen LogP contribution in [-0.2, 0) is 22.6 Å². The van der Waals surface area contributed by atoms with E-state index >= 15 is 0 Å². The number of nitrogens with one attached hydrogen (secondary N) is 1. The second-order valence-electron chi connectivity index (χ2n) is 4.85. The molecule has 1 heterocycles. The summed E-state index contributed by atoms with van der Waals surface area (Å²) in [7, 11) is -0.997. The molecular weight excluding hydrogens is 321 g/mol. The van der Waals surface area contributed by atoms with E-state index in [1.165, 1.54) is 0 Å². The molecule has 2 aromatic carbocycles. The monoisotopic (exact) mass is 333 g/mol. The van der Waals surface area contributed by atoms with Gasteiger partial charge in [0.1, 0.15) is 6.61 Å². The van der Waals surface area contributed by atoms with Gasteiger partial charge >= 0.3 is 7.12 Å². The molecule has 1 aliphatic heterocycles. The Morgan fingerprint density at radius 3 is 2.86 bits per heavy atom. The molecule has 0 amide bonds. The first kappa shape index (κ1) is 15.3. The summed E-state index contributed by atoms with van der Waals surface area (Å²) in [5.41, 5.74) is 3.07. The molecule has 3 rings (SSSR count). The van der Waals surface area contributed by atoms with Gasteiger partial charge in [0.25, 0.3) is 5.17 Å². The van der Waals surface area contributed by atoms with E-state index in [4.69, 9.17) is 33.2 Å². The van der Waals surface area contributed by atoms with E-state index < -0.39 is 7.12 Å². The van der Waals surface area contributed by atoms with Crippen molar-refractivity contribution in [3.63, 3.8) is 0 Å². The maximum Gasteiger partial charge on any atom is 0.493 e. The Bertz CT molecular complexity index is 699. The van der Waals surface area contributed by atoms with E-state index in [0.717, 1.165) is 11.1 Å². The molecule has 1 aliphatic rings. The van der Waals surface area contributed by atoms with Gasteiger partial charge in [-0.3, -0.25) is 0 Å². The Morgan fingerprint density at radius 2 is 2.09 bits per heavy atom. The van der Waals surface area contributed by atoms with Crippen LogP contribution in [-0.4, -0.2) is 17.3 Å². The average molecular weight is 334 g/mol. The lowest BCUT2D eigenvalue weighted by Crippen LogP contribution is -2.30. The zero-order valence-electron chi connectivity index (χ0n) is 11.6. The molecule has 112 valence electrons. The van der Waals surface area contributed by atoms with Crippen LogP contribution in [0.3, 0.4) is 0 Å². The zero-order chi connectivity index (χ0) is 15.5. The lowest BCUT2D eigenvalue weighted by atomic mass is 9.79. The minimum Gasteiger partial charge on any atom is -0.466 e. The summed E-state index contributed by atoms with van der Waals surface area (Å²) in [6.07, 6.45) is 0. The summed E-state index contributed by atoms with van der Waals surface area (Å²) < 4.78 is 10.6. The van der Waals surface area contributed by atoms with Crippen LogP contribution in [0.5, 0.6) is 0 Å². The maximum atomic E-state index is 9.77. The van der Waals surface area contributed by atoms with Crippen molar-refractivity contribution in [2.24, 2.45) is 0 Å². The number of anilines is 1. The molecular formula is C15H13BClNO3S. The standard InChI is InChI=1S/C15H13BClNO3S/c17-14-12(7-6-11-9-21-16(19)13(11)14)18-15(22)20-8-10-4-2-1-3-5-10/h1-7,19H,8-9H2,(H,18,22). The third-order valence-corrected chi connectivity index (χ3v) is 3.99. The number of benzene rings is 2. The predicted molar refractivity (Wildman–Crippen MR) is 91.3 cm³/mol. The second kappa shape index (κ2) is 6.66. The van der Waals surface area contributed by atoms with E-state index in [1.807, 2.05) is 36.4 Å². The Labute approximate surface area is 139 Å². The zero-order valence-corrected chi connectivity index (χ0v) is 13.2. The van der Waals surface area contributed by atoms with Gasteiger partial charge in [0, 0.05) is 5.46 Å². The van der Waals surface area contributed by atoms with Crippen molar-refractivity contribution in [3.05, 3.63) is 58.6 Å². The van der Waals surface area contributed by atoms with Crippen molar-refractivity contribution in [2.45, 2.75) is 13.2 Å². The van der Waals surface area contributed by atoms with Gasteiger partial charge in [-0.15, -0.1) is 0 Å². The number of halogens is 1. The summed E-state index contributed by atoms with van der Waals surface area (Å²) >= 11 is 11.5. The quantitative estimate of drug-likeness (QED) is 0.667. The van der Waals surface area contributed by atoms with E-state index in [0.29, 0.717) is 29.4 Å². The lowest BCUT2D eigenvalue weighted by molar-refractivity contribution is 0.275. The minimum atomic E-state index is -0.997. The Hall–Kier alpha value is -1.60. The molecule has 0 aromatic heterocycles. The second-order valence-corrected chi connectivity index (χ2v) is 5.60. The van der Waals surface area contributed by atoms with Crippen LogP contribution in [0.4, 0.5) is 5.69 Å². The van der Waals surface area contributed by atoms with Crippen molar-refractivity contribution >= 4 is 47.3 Å². The molecule has 0 radical (unpaired) electrons. The Balaban J connectivity index is 1.66.